The maximum absolute atomic E-state index is 6.77. The van der Waals surface area contributed by atoms with Gasteiger partial charge in [-0.2, -0.15) is 0 Å². The van der Waals surface area contributed by atoms with Crippen molar-refractivity contribution in [2.75, 3.05) is 6.61 Å². The molecule has 0 aromatic heterocycles. The van der Waals surface area contributed by atoms with Crippen molar-refractivity contribution in [3.05, 3.63) is 27.7 Å². The Kier molecular flexibility index (Phi) is 4.60. The van der Waals surface area contributed by atoms with Crippen molar-refractivity contribution in [2.24, 2.45) is 11.7 Å². The highest BCUT2D eigenvalue weighted by Crippen LogP contribution is 2.43. The molecule has 0 amide bonds. The smallest absolute Gasteiger partial charge is 0.138 e. The number of nitrogens with two attached hydrogens (primary N) is 1. The number of rotatable bonds is 4. The summed E-state index contributed by atoms with van der Waals surface area (Å²) in [5, 5.41) is 0. The van der Waals surface area contributed by atoms with Gasteiger partial charge in [0, 0.05) is 11.1 Å². The molecule has 0 aliphatic heterocycles. The summed E-state index contributed by atoms with van der Waals surface area (Å²) >= 11 is 3.70. The fourth-order valence-electron chi connectivity index (χ4n) is 3.56. The first kappa shape index (κ1) is 15.4. The topological polar surface area (TPSA) is 35.2 Å². The van der Waals surface area contributed by atoms with E-state index >= 15 is 0 Å². The Morgan fingerprint density at radius 2 is 1.90 bits per heavy atom. The minimum atomic E-state index is -0.207. The lowest BCUT2D eigenvalue weighted by atomic mass is 9.76. The first-order chi connectivity index (χ1) is 10.1. The van der Waals surface area contributed by atoms with E-state index in [1.54, 1.807) is 0 Å². The van der Waals surface area contributed by atoms with Gasteiger partial charge in [-0.05, 0) is 66.1 Å². The average Bonchev–Trinajstić information content (AvgIpc) is 2.39. The molecular weight excluding hydrogens is 326 g/mol. The van der Waals surface area contributed by atoms with Gasteiger partial charge < -0.3 is 10.5 Å². The van der Waals surface area contributed by atoms with Crippen LogP contribution in [0.5, 0.6) is 5.75 Å². The lowest BCUT2D eigenvalue weighted by Crippen LogP contribution is -2.39. The van der Waals surface area contributed by atoms with E-state index in [0.29, 0.717) is 0 Å². The van der Waals surface area contributed by atoms with Gasteiger partial charge >= 0.3 is 0 Å². The highest BCUT2D eigenvalue weighted by molar-refractivity contribution is 9.10. The fraction of sp³-hybridized carbons (Fsp3) is 0.667. The van der Waals surface area contributed by atoms with Crippen molar-refractivity contribution in [1.82, 2.24) is 0 Å². The molecule has 2 nitrogen and oxygen atoms in total. The van der Waals surface area contributed by atoms with Crippen LogP contribution in [0.4, 0.5) is 0 Å². The second-order valence-electron chi connectivity index (χ2n) is 6.95. The number of ether oxygens (including phenoxy) is 1. The van der Waals surface area contributed by atoms with Crippen LogP contribution >= 0.6 is 15.9 Å². The van der Waals surface area contributed by atoms with Crippen LogP contribution in [-0.4, -0.2) is 6.61 Å². The number of hydrogen-bond acceptors (Lipinski definition) is 2. The summed E-state index contributed by atoms with van der Waals surface area (Å²) < 4.78 is 7.28. The van der Waals surface area contributed by atoms with Gasteiger partial charge in [-0.3, -0.25) is 0 Å². The number of benzene rings is 1. The summed E-state index contributed by atoms with van der Waals surface area (Å²) in [6.07, 6.45) is 9.89. The Labute approximate surface area is 136 Å². The first-order valence-electron chi connectivity index (χ1n) is 8.31. The van der Waals surface area contributed by atoms with Crippen molar-refractivity contribution in [2.45, 2.75) is 63.8 Å². The summed E-state index contributed by atoms with van der Waals surface area (Å²) in [4.78, 5) is 0. The normalized spacial score (nSPS) is 21.9. The molecule has 0 unspecified atom stereocenters. The van der Waals surface area contributed by atoms with Crippen molar-refractivity contribution in [1.29, 1.82) is 0 Å². The molecule has 0 atom stereocenters. The molecule has 2 saturated carbocycles. The van der Waals surface area contributed by atoms with E-state index in [1.807, 2.05) is 0 Å². The molecule has 0 radical (unpaired) electrons. The van der Waals surface area contributed by atoms with E-state index in [2.05, 4.69) is 35.0 Å². The van der Waals surface area contributed by atoms with Crippen LogP contribution in [-0.2, 0) is 5.54 Å². The second-order valence-corrected chi connectivity index (χ2v) is 7.80. The largest absolute Gasteiger partial charge is 0.492 e. The van der Waals surface area contributed by atoms with E-state index in [9.17, 15) is 0 Å². The van der Waals surface area contributed by atoms with E-state index in [4.69, 9.17) is 10.5 Å². The second kappa shape index (κ2) is 6.29. The predicted octanol–water partition coefficient (Wildman–Crippen LogP) is 5.05. The van der Waals surface area contributed by atoms with E-state index < -0.39 is 0 Å². The molecule has 0 bridgehead atoms. The number of aryl methyl sites for hydroxylation is 1. The number of hydrogen-bond donors (Lipinski definition) is 1. The van der Waals surface area contributed by atoms with Crippen LogP contribution in [0.15, 0.2) is 16.6 Å². The summed E-state index contributed by atoms with van der Waals surface area (Å²) in [6.45, 7) is 2.97. The van der Waals surface area contributed by atoms with Gasteiger partial charge in [0.1, 0.15) is 5.75 Å². The van der Waals surface area contributed by atoms with E-state index in [0.717, 1.165) is 35.6 Å². The zero-order chi connectivity index (χ0) is 14.9. The monoisotopic (exact) mass is 351 g/mol. The highest BCUT2D eigenvalue weighted by Gasteiger charge is 2.33. The minimum Gasteiger partial charge on any atom is -0.492 e. The standard InChI is InChI=1S/C18H26BrNO/c1-13-10-15(18(20)8-3-2-4-9-18)17(16(19)11-13)21-12-14-6-5-7-14/h10-11,14H,2-9,12,20H2,1H3. The predicted molar refractivity (Wildman–Crippen MR) is 90.7 cm³/mol. The third kappa shape index (κ3) is 3.29. The maximum Gasteiger partial charge on any atom is 0.138 e. The summed E-state index contributed by atoms with van der Waals surface area (Å²) in [5.41, 5.74) is 9.03. The highest BCUT2D eigenvalue weighted by atomic mass is 79.9. The molecule has 116 valence electrons. The Hall–Kier alpha value is -0.540. The van der Waals surface area contributed by atoms with Gasteiger partial charge in [0.2, 0.25) is 0 Å². The molecule has 2 N–H and O–H groups in total. The van der Waals surface area contributed by atoms with Gasteiger partial charge in [-0.15, -0.1) is 0 Å². The van der Waals surface area contributed by atoms with Crippen molar-refractivity contribution >= 4 is 15.9 Å². The zero-order valence-corrected chi connectivity index (χ0v) is 14.5. The summed E-state index contributed by atoms with van der Waals surface area (Å²) in [5.74, 6) is 1.74. The molecule has 0 saturated heterocycles. The Morgan fingerprint density at radius 1 is 1.19 bits per heavy atom. The van der Waals surface area contributed by atoms with Gasteiger partial charge in [-0.25, -0.2) is 0 Å². The molecule has 2 fully saturated rings. The van der Waals surface area contributed by atoms with Gasteiger partial charge in [0.25, 0.3) is 0 Å². The average molecular weight is 352 g/mol. The van der Waals surface area contributed by atoms with Gasteiger partial charge in [-0.1, -0.05) is 31.7 Å². The minimum absolute atomic E-state index is 0.207. The van der Waals surface area contributed by atoms with Crippen LogP contribution in [0.3, 0.4) is 0 Å². The Morgan fingerprint density at radius 3 is 2.52 bits per heavy atom. The van der Waals surface area contributed by atoms with Crippen LogP contribution in [0.25, 0.3) is 0 Å². The molecule has 3 heteroatoms. The molecule has 0 spiro atoms. The molecule has 0 heterocycles. The Balaban J connectivity index is 1.88. The molecular formula is C18H26BrNO. The summed E-state index contributed by atoms with van der Waals surface area (Å²) in [6, 6.07) is 4.39. The van der Waals surface area contributed by atoms with E-state index in [1.165, 1.54) is 49.7 Å². The first-order valence-corrected chi connectivity index (χ1v) is 9.10. The lowest BCUT2D eigenvalue weighted by Gasteiger charge is -2.36. The molecule has 1 aromatic carbocycles. The third-order valence-corrected chi connectivity index (χ3v) is 5.75. The maximum atomic E-state index is 6.77. The number of halogens is 1. The van der Waals surface area contributed by atoms with Crippen molar-refractivity contribution < 1.29 is 4.74 Å². The van der Waals surface area contributed by atoms with Crippen LogP contribution < -0.4 is 10.5 Å². The van der Waals surface area contributed by atoms with E-state index in [-0.39, 0.29) is 5.54 Å². The van der Waals surface area contributed by atoms with Gasteiger partial charge in [0.05, 0.1) is 11.1 Å². The molecule has 21 heavy (non-hydrogen) atoms. The van der Waals surface area contributed by atoms with Crippen LogP contribution in [0.1, 0.15) is 62.5 Å². The van der Waals surface area contributed by atoms with Crippen LogP contribution in [0, 0.1) is 12.8 Å². The zero-order valence-electron chi connectivity index (χ0n) is 13.0. The molecule has 1 aromatic rings. The van der Waals surface area contributed by atoms with Crippen molar-refractivity contribution in [3.63, 3.8) is 0 Å². The quantitative estimate of drug-likeness (QED) is 0.823. The van der Waals surface area contributed by atoms with Crippen LogP contribution in [0.2, 0.25) is 0 Å². The lowest BCUT2D eigenvalue weighted by molar-refractivity contribution is 0.174. The third-order valence-electron chi connectivity index (χ3n) is 5.16. The molecule has 2 aliphatic carbocycles. The van der Waals surface area contributed by atoms with Gasteiger partial charge in [0.15, 0.2) is 0 Å². The SMILES string of the molecule is Cc1cc(Br)c(OCC2CCC2)c(C2(N)CCCCC2)c1. The summed E-state index contributed by atoms with van der Waals surface area (Å²) in [7, 11) is 0. The molecule has 3 rings (SSSR count). The fourth-order valence-corrected chi connectivity index (χ4v) is 4.25. The van der Waals surface area contributed by atoms with Crippen molar-refractivity contribution in [3.8, 4) is 5.75 Å². The Bertz CT molecular complexity index is 504. The molecule has 2 aliphatic rings.